The number of halogens is 3. The molecule has 0 unspecified atom stereocenters. The molecule has 0 N–H and O–H groups in total. The van der Waals surface area contributed by atoms with E-state index in [1.165, 1.54) is 0 Å². The standard InChI is InChI=1S/C22H23I2NO3.ClH/c1-4-25(5-2)10-11-27-22-17(23)12-15(13-18(22)24)21(26)20-14(3)28-19-9-7-6-8-16(19)20;/h6-9,12-13H,4-5,10-11H2,1-3H3;1H. The van der Waals surface area contributed by atoms with E-state index in [0.29, 0.717) is 23.5 Å². The van der Waals surface area contributed by atoms with Crippen molar-refractivity contribution in [1.29, 1.82) is 0 Å². The molecule has 3 aromatic rings. The molecule has 156 valence electrons. The second-order valence-electron chi connectivity index (χ2n) is 6.50. The van der Waals surface area contributed by atoms with E-state index in [4.69, 9.17) is 9.15 Å². The van der Waals surface area contributed by atoms with E-state index in [2.05, 4.69) is 63.9 Å². The van der Waals surface area contributed by atoms with Crippen molar-refractivity contribution in [2.75, 3.05) is 26.2 Å². The van der Waals surface area contributed by atoms with Gasteiger partial charge in [-0.25, -0.2) is 0 Å². The summed E-state index contributed by atoms with van der Waals surface area (Å²) in [5.41, 5.74) is 2.03. The minimum atomic E-state index is -0.0204. The van der Waals surface area contributed by atoms with Crippen LogP contribution < -0.4 is 4.74 Å². The van der Waals surface area contributed by atoms with E-state index in [9.17, 15) is 4.79 Å². The van der Waals surface area contributed by atoms with Crippen LogP contribution in [0.4, 0.5) is 0 Å². The first-order valence-corrected chi connectivity index (χ1v) is 11.5. The first-order valence-electron chi connectivity index (χ1n) is 9.33. The molecule has 7 heteroatoms. The molecule has 1 aromatic heterocycles. The number of benzene rings is 2. The number of ether oxygens (including phenoxy) is 1. The summed E-state index contributed by atoms with van der Waals surface area (Å²) < 4.78 is 13.7. The van der Waals surface area contributed by atoms with Gasteiger partial charge in [0.1, 0.15) is 23.7 Å². The van der Waals surface area contributed by atoms with Crippen LogP contribution in [-0.2, 0) is 0 Å². The van der Waals surface area contributed by atoms with Gasteiger partial charge in [0, 0.05) is 17.5 Å². The fraction of sp³-hybridized carbons (Fsp3) is 0.318. The number of nitrogens with zero attached hydrogens (tertiary/aromatic N) is 1. The van der Waals surface area contributed by atoms with Crippen molar-refractivity contribution >= 4 is 74.3 Å². The van der Waals surface area contributed by atoms with Crippen LogP contribution in [0.15, 0.2) is 40.8 Å². The molecule has 0 aliphatic carbocycles. The smallest absolute Gasteiger partial charge is 0.197 e. The molecule has 0 fully saturated rings. The molecule has 0 aliphatic rings. The zero-order chi connectivity index (χ0) is 20.3. The summed E-state index contributed by atoms with van der Waals surface area (Å²) >= 11 is 4.49. The van der Waals surface area contributed by atoms with Gasteiger partial charge in [-0.05, 0) is 83.4 Å². The molecule has 1 heterocycles. The van der Waals surface area contributed by atoms with Crippen LogP contribution >= 0.6 is 57.6 Å². The van der Waals surface area contributed by atoms with Gasteiger partial charge in [-0.1, -0.05) is 32.0 Å². The van der Waals surface area contributed by atoms with Gasteiger partial charge in [0.25, 0.3) is 0 Å². The molecule has 0 amide bonds. The third-order valence-electron chi connectivity index (χ3n) is 4.81. The maximum absolute atomic E-state index is 13.2. The summed E-state index contributed by atoms with van der Waals surface area (Å²) in [6.07, 6.45) is 0. The van der Waals surface area contributed by atoms with Crippen molar-refractivity contribution in [2.24, 2.45) is 0 Å². The van der Waals surface area contributed by atoms with E-state index >= 15 is 0 Å². The molecule has 0 atom stereocenters. The van der Waals surface area contributed by atoms with E-state index in [-0.39, 0.29) is 18.2 Å². The average molecular weight is 640 g/mol. The van der Waals surface area contributed by atoms with E-state index in [1.807, 2.05) is 43.3 Å². The third-order valence-corrected chi connectivity index (χ3v) is 6.41. The number of likely N-dealkylation sites (N-methyl/N-ethyl adjacent to an activating group) is 1. The Morgan fingerprint density at radius 2 is 1.72 bits per heavy atom. The second-order valence-corrected chi connectivity index (χ2v) is 8.83. The zero-order valence-electron chi connectivity index (χ0n) is 16.6. The Morgan fingerprint density at radius 1 is 1.10 bits per heavy atom. The van der Waals surface area contributed by atoms with Crippen LogP contribution in [-0.4, -0.2) is 36.9 Å². The van der Waals surface area contributed by atoms with Crippen molar-refractivity contribution in [3.63, 3.8) is 0 Å². The van der Waals surface area contributed by atoms with Crippen LogP contribution in [0.2, 0.25) is 0 Å². The first-order chi connectivity index (χ1) is 13.5. The van der Waals surface area contributed by atoms with Gasteiger partial charge in [0.05, 0.1) is 12.7 Å². The molecule has 0 saturated carbocycles. The molecule has 2 aromatic carbocycles. The fourth-order valence-electron chi connectivity index (χ4n) is 3.24. The van der Waals surface area contributed by atoms with Gasteiger partial charge in [-0.2, -0.15) is 0 Å². The predicted molar refractivity (Wildman–Crippen MR) is 137 cm³/mol. The Kier molecular flexibility index (Phi) is 9.24. The topological polar surface area (TPSA) is 42.7 Å². The van der Waals surface area contributed by atoms with Crippen molar-refractivity contribution in [3.8, 4) is 5.75 Å². The van der Waals surface area contributed by atoms with E-state index < -0.39 is 0 Å². The van der Waals surface area contributed by atoms with Crippen LogP contribution in [0.3, 0.4) is 0 Å². The summed E-state index contributed by atoms with van der Waals surface area (Å²) in [5, 5.41) is 0.856. The largest absolute Gasteiger partial charge is 0.490 e. The highest BCUT2D eigenvalue weighted by atomic mass is 127. The van der Waals surface area contributed by atoms with Crippen molar-refractivity contribution < 1.29 is 13.9 Å². The van der Waals surface area contributed by atoms with Crippen LogP contribution in [0.25, 0.3) is 11.0 Å². The lowest BCUT2D eigenvalue weighted by Gasteiger charge is -2.19. The van der Waals surface area contributed by atoms with Crippen LogP contribution in [0, 0.1) is 14.1 Å². The molecule has 4 nitrogen and oxygen atoms in total. The highest BCUT2D eigenvalue weighted by molar-refractivity contribution is 14.1. The molecular weight excluding hydrogens is 616 g/mol. The zero-order valence-corrected chi connectivity index (χ0v) is 21.8. The minimum Gasteiger partial charge on any atom is -0.490 e. The number of carbonyl (C=O) groups excluding carboxylic acids is 1. The monoisotopic (exact) mass is 639 g/mol. The lowest BCUT2D eigenvalue weighted by Crippen LogP contribution is -2.28. The summed E-state index contributed by atoms with van der Waals surface area (Å²) in [6.45, 7) is 9.69. The Labute approximate surface area is 205 Å². The number of hydrogen-bond donors (Lipinski definition) is 0. The van der Waals surface area contributed by atoms with E-state index in [0.717, 1.165) is 43.5 Å². The normalized spacial score (nSPS) is 11.0. The summed E-state index contributed by atoms with van der Waals surface area (Å²) in [6, 6.07) is 11.5. The van der Waals surface area contributed by atoms with Gasteiger partial charge in [0.2, 0.25) is 0 Å². The number of furan rings is 1. The molecular formula is C22H24ClI2NO3. The Bertz CT molecular complexity index is 976. The lowest BCUT2D eigenvalue weighted by molar-refractivity contribution is 0.103. The molecule has 0 aliphatic heterocycles. The van der Waals surface area contributed by atoms with Crippen molar-refractivity contribution in [1.82, 2.24) is 4.90 Å². The van der Waals surface area contributed by atoms with Crippen LogP contribution in [0.1, 0.15) is 35.5 Å². The number of carbonyl (C=O) groups is 1. The molecule has 0 radical (unpaired) electrons. The number of aryl methyl sites for hydroxylation is 1. The highest BCUT2D eigenvalue weighted by Gasteiger charge is 2.21. The molecule has 0 saturated heterocycles. The number of ketones is 1. The van der Waals surface area contributed by atoms with Gasteiger partial charge in [-0.3, -0.25) is 4.79 Å². The maximum atomic E-state index is 13.2. The number of fused-ring (bicyclic) bond motifs is 1. The summed E-state index contributed by atoms with van der Waals surface area (Å²) in [7, 11) is 0. The Balaban J connectivity index is 0.00000300. The number of para-hydroxylation sites is 1. The molecule has 3 rings (SSSR count). The quantitative estimate of drug-likeness (QED) is 0.214. The summed E-state index contributed by atoms with van der Waals surface area (Å²) in [5.74, 6) is 1.47. The van der Waals surface area contributed by atoms with Gasteiger partial charge in [-0.15, -0.1) is 12.4 Å². The molecule has 29 heavy (non-hydrogen) atoms. The Morgan fingerprint density at radius 3 is 2.34 bits per heavy atom. The first kappa shape index (κ1) is 24.4. The van der Waals surface area contributed by atoms with E-state index in [1.54, 1.807) is 0 Å². The number of rotatable bonds is 8. The number of hydrogen-bond acceptors (Lipinski definition) is 4. The minimum absolute atomic E-state index is 0. The van der Waals surface area contributed by atoms with Crippen LogP contribution in [0.5, 0.6) is 5.75 Å². The Hall–Kier alpha value is -0.840. The van der Waals surface area contributed by atoms with Crippen molar-refractivity contribution in [2.45, 2.75) is 20.8 Å². The molecule has 0 spiro atoms. The molecule has 0 bridgehead atoms. The fourth-order valence-corrected chi connectivity index (χ4v) is 5.32. The van der Waals surface area contributed by atoms with Gasteiger partial charge < -0.3 is 14.1 Å². The SMILES string of the molecule is CCN(CC)CCOc1c(I)cc(C(=O)c2c(C)oc3ccccc23)cc1I.Cl. The average Bonchev–Trinajstić information content (AvgIpc) is 3.02. The highest BCUT2D eigenvalue weighted by Crippen LogP contribution is 2.32. The lowest BCUT2D eigenvalue weighted by atomic mass is 10.0. The second kappa shape index (κ2) is 11.0. The van der Waals surface area contributed by atoms with Gasteiger partial charge >= 0.3 is 0 Å². The van der Waals surface area contributed by atoms with Crippen molar-refractivity contribution in [3.05, 3.63) is 60.4 Å². The maximum Gasteiger partial charge on any atom is 0.197 e. The van der Waals surface area contributed by atoms with Gasteiger partial charge in [0.15, 0.2) is 5.78 Å². The summed E-state index contributed by atoms with van der Waals surface area (Å²) in [4.78, 5) is 15.5. The predicted octanol–water partition coefficient (Wildman–Crippen LogP) is 6.32. The third kappa shape index (κ3) is 5.45.